The molecule has 15 heavy (non-hydrogen) atoms. The van der Waals surface area contributed by atoms with Crippen LogP contribution in [-0.2, 0) is 6.54 Å². The highest BCUT2D eigenvalue weighted by Crippen LogP contribution is 2.13. The smallest absolute Gasteiger partial charge is 0.157 e. The van der Waals surface area contributed by atoms with Gasteiger partial charge in [0.25, 0.3) is 0 Å². The van der Waals surface area contributed by atoms with Crippen LogP contribution in [0.15, 0.2) is 23.2 Å². The summed E-state index contributed by atoms with van der Waals surface area (Å²) in [4.78, 5) is 8.90. The maximum Gasteiger partial charge on any atom is 0.157 e. The van der Waals surface area contributed by atoms with Crippen LogP contribution >= 0.6 is 11.8 Å². The first-order valence-corrected chi connectivity index (χ1v) is 6.09. The third-order valence-electron chi connectivity index (χ3n) is 2.17. The molecular weight excluding hydrogens is 206 g/mol. The summed E-state index contributed by atoms with van der Waals surface area (Å²) in [5, 5.41) is 4.37. The lowest BCUT2D eigenvalue weighted by Gasteiger charge is -2.01. The van der Waals surface area contributed by atoms with Crippen molar-refractivity contribution in [2.75, 3.05) is 5.75 Å². The number of pyridine rings is 1. The third kappa shape index (κ3) is 2.96. The fraction of sp³-hybridized carbons (Fsp3) is 0.455. The van der Waals surface area contributed by atoms with Crippen molar-refractivity contribution in [2.45, 2.75) is 26.4 Å². The molecule has 1 saturated heterocycles. The molecule has 0 radical (unpaired) electrons. The van der Waals surface area contributed by atoms with Gasteiger partial charge in [-0.15, -0.1) is 0 Å². The summed E-state index contributed by atoms with van der Waals surface area (Å²) < 4.78 is 0. The van der Waals surface area contributed by atoms with Crippen LogP contribution in [0.3, 0.4) is 0 Å². The molecule has 0 saturated carbocycles. The molecule has 0 amide bonds. The topological polar surface area (TPSA) is 37.3 Å². The van der Waals surface area contributed by atoms with Gasteiger partial charge in [0.15, 0.2) is 5.17 Å². The highest BCUT2D eigenvalue weighted by atomic mass is 32.2. The van der Waals surface area contributed by atoms with Gasteiger partial charge in [0, 0.05) is 17.5 Å². The van der Waals surface area contributed by atoms with Gasteiger partial charge in [-0.3, -0.25) is 9.98 Å². The van der Waals surface area contributed by atoms with E-state index in [4.69, 9.17) is 0 Å². The van der Waals surface area contributed by atoms with Crippen LogP contribution in [-0.4, -0.2) is 21.9 Å². The summed E-state index contributed by atoms with van der Waals surface area (Å²) in [5.41, 5.74) is 2.08. The molecule has 1 fully saturated rings. The number of amidine groups is 1. The van der Waals surface area contributed by atoms with Crippen LogP contribution < -0.4 is 5.32 Å². The minimum Gasteiger partial charge on any atom is -0.362 e. The Bertz CT molecular complexity index is 376. The van der Waals surface area contributed by atoms with E-state index in [2.05, 4.69) is 22.2 Å². The molecule has 80 valence electrons. The van der Waals surface area contributed by atoms with Gasteiger partial charge in [-0.05, 0) is 26.0 Å². The molecule has 1 aliphatic heterocycles. The summed E-state index contributed by atoms with van der Waals surface area (Å²) in [5.74, 6) is 1.11. The van der Waals surface area contributed by atoms with E-state index in [9.17, 15) is 0 Å². The van der Waals surface area contributed by atoms with E-state index < -0.39 is 0 Å². The second-order valence-electron chi connectivity index (χ2n) is 3.75. The second kappa shape index (κ2) is 4.66. The van der Waals surface area contributed by atoms with Crippen LogP contribution in [0.1, 0.15) is 18.3 Å². The minimum atomic E-state index is 0.541. The van der Waals surface area contributed by atoms with Gasteiger partial charge in [0.2, 0.25) is 0 Å². The number of hydrogen-bond donors (Lipinski definition) is 1. The zero-order valence-corrected chi connectivity index (χ0v) is 9.84. The first-order chi connectivity index (χ1) is 7.24. The lowest BCUT2D eigenvalue weighted by Crippen LogP contribution is -2.23. The van der Waals surface area contributed by atoms with Crippen LogP contribution in [0.4, 0.5) is 0 Å². The van der Waals surface area contributed by atoms with Crippen molar-refractivity contribution in [1.82, 2.24) is 10.3 Å². The van der Waals surface area contributed by atoms with Crippen molar-refractivity contribution in [2.24, 2.45) is 4.99 Å². The van der Waals surface area contributed by atoms with E-state index >= 15 is 0 Å². The van der Waals surface area contributed by atoms with Gasteiger partial charge in [-0.1, -0.05) is 17.8 Å². The molecule has 1 atom stereocenters. The first-order valence-electron chi connectivity index (χ1n) is 5.10. The molecule has 1 aromatic rings. The van der Waals surface area contributed by atoms with E-state index in [0.29, 0.717) is 12.6 Å². The quantitative estimate of drug-likeness (QED) is 0.829. The summed E-state index contributed by atoms with van der Waals surface area (Å²) in [6, 6.07) is 6.58. The maximum atomic E-state index is 4.49. The van der Waals surface area contributed by atoms with E-state index in [1.807, 2.05) is 25.1 Å². The number of aromatic nitrogens is 1. The average Bonchev–Trinajstić information content (AvgIpc) is 2.62. The molecule has 1 N–H and O–H groups in total. The van der Waals surface area contributed by atoms with Gasteiger partial charge in [-0.25, -0.2) is 0 Å². The number of thioether (sulfide) groups is 1. The van der Waals surface area contributed by atoms with Crippen molar-refractivity contribution >= 4 is 16.9 Å². The highest BCUT2D eigenvalue weighted by Gasteiger charge is 2.14. The third-order valence-corrected chi connectivity index (χ3v) is 3.36. The largest absolute Gasteiger partial charge is 0.362 e. The Hall–Kier alpha value is -1.03. The predicted molar refractivity (Wildman–Crippen MR) is 65.2 cm³/mol. The fourth-order valence-electron chi connectivity index (χ4n) is 1.43. The molecule has 3 nitrogen and oxygen atoms in total. The van der Waals surface area contributed by atoms with Gasteiger partial charge in [0.05, 0.1) is 12.2 Å². The molecule has 2 heterocycles. The molecule has 1 unspecified atom stereocenters. The molecule has 2 rings (SSSR count). The molecular formula is C11H15N3S. The number of rotatable bonds is 2. The van der Waals surface area contributed by atoms with E-state index in [0.717, 1.165) is 22.3 Å². The number of hydrogen-bond acceptors (Lipinski definition) is 3. The Balaban J connectivity index is 1.98. The fourth-order valence-corrected chi connectivity index (χ4v) is 2.36. The molecule has 0 spiro atoms. The van der Waals surface area contributed by atoms with Crippen LogP contribution in [0.2, 0.25) is 0 Å². The summed E-state index contributed by atoms with van der Waals surface area (Å²) in [7, 11) is 0. The number of nitrogens with one attached hydrogen (secondary N) is 1. The van der Waals surface area contributed by atoms with Gasteiger partial charge < -0.3 is 5.32 Å². The summed E-state index contributed by atoms with van der Waals surface area (Å²) >= 11 is 1.79. The zero-order chi connectivity index (χ0) is 10.7. The van der Waals surface area contributed by atoms with Gasteiger partial charge in [-0.2, -0.15) is 0 Å². The molecule has 1 aromatic heterocycles. The lowest BCUT2D eigenvalue weighted by molar-refractivity contribution is 0.763. The Morgan fingerprint density at radius 2 is 2.47 bits per heavy atom. The van der Waals surface area contributed by atoms with Crippen molar-refractivity contribution in [3.63, 3.8) is 0 Å². The zero-order valence-electron chi connectivity index (χ0n) is 9.03. The van der Waals surface area contributed by atoms with Crippen LogP contribution in [0, 0.1) is 6.92 Å². The summed E-state index contributed by atoms with van der Waals surface area (Å²) in [6.07, 6.45) is 0. The maximum absolute atomic E-state index is 4.49. The standard InChI is InChI=1S/C11H15N3S/c1-8-4-3-5-10(13-8)6-12-11-14-9(2)7-15-11/h3-5,9H,6-7H2,1-2H3,(H,12,14). The molecule has 4 heteroatoms. The van der Waals surface area contributed by atoms with E-state index in [1.165, 1.54) is 0 Å². The number of nitrogens with zero attached hydrogens (tertiary/aromatic N) is 2. The molecule has 0 aliphatic carbocycles. The van der Waals surface area contributed by atoms with E-state index in [1.54, 1.807) is 11.8 Å². The van der Waals surface area contributed by atoms with E-state index in [-0.39, 0.29) is 0 Å². The Morgan fingerprint density at radius 1 is 1.60 bits per heavy atom. The number of aryl methyl sites for hydroxylation is 1. The SMILES string of the molecule is Cc1cccc(CN=C2NC(C)CS2)n1. The first kappa shape index (κ1) is 10.5. The van der Waals surface area contributed by atoms with Crippen molar-refractivity contribution < 1.29 is 0 Å². The average molecular weight is 221 g/mol. The Labute approximate surface area is 94.4 Å². The summed E-state index contributed by atoms with van der Waals surface area (Å²) in [6.45, 7) is 4.84. The van der Waals surface area contributed by atoms with Crippen molar-refractivity contribution in [3.8, 4) is 0 Å². The van der Waals surface area contributed by atoms with Gasteiger partial charge >= 0.3 is 0 Å². The highest BCUT2D eigenvalue weighted by molar-refractivity contribution is 8.14. The van der Waals surface area contributed by atoms with Crippen molar-refractivity contribution in [1.29, 1.82) is 0 Å². The normalized spacial score (nSPS) is 23.1. The lowest BCUT2D eigenvalue weighted by atomic mass is 10.3. The number of aliphatic imine (C=N–C) groups is 1. The monoisotopic (exact) mass is 221 g/mol. The predicted octanol–water partition coefficient (Wildman–Crippen LogP) is 1.97. The molecule has 0 bridgehead atoms. The van der Waals surface area contributed by atoms with Crippen molar-refractivity contribution in [3.05, 3.63) is 29.6 Å². The minimum absolute atomic E-state index is 0.541. The van der Waals surface area contributed by atoms with Crippen LogP contribution in [0.25, 0.3) is 0 Å². The van der Waals surface area contributed by atoms with Crippen LogP contribution in [0.5, 0.6) is 0 Å². The molecule has 0 aromatic carbocycles. The Kier molecular flexibility index (Phi) is 3.26. The van der Waals surface area contributed by atoms with Gasteiger partial charge in [0.1, 0.15) is 0 Å². The second-order valence-corrected chi connectivity index (χ2v) is 4.76. The Morgan fingerprint density at radius 3 is 3.13 bits per heavy atom. The molecule has 1 aliphatic rings.